The average Bonchev–Trinajstić information content (AvgIpc) is 2.02. The molecule has 0 aliphatic carbocycles. The number of unbranched alkanes of at least 4 members (excludes halogenated alkanes) is 1. The van der Waals surface area contributed by atoms with Crippen LogP contribution in [0.3, 0.4) is 0 Å². The maximum atomic E-state index is 6.55. The summed E-state index contributed by atoms with van der Waals surface area (Å²) in [5.74, 6) is 0. The molecule has 0 bridgehead atoms. The monoisotopic (exact) mass is 207 g/mol. The molecule has 3 heteroatoms. The normalized spacial score (nSPS) is 16.0. The second-order valence-electron chi connectivity index (χ2n) is 3.35. The number of halogens is 1. The average molecular weight is 208 g/mol. The Bertz CT molecular complexity index is 103. The molecule has 0 saturated heterocycles. The fraction of sp³-hybridized carbons (Fsp3) is 1.00. The van der Waals surface area contributed by atoms with E-state index in [1.54, 1.807) is 0 Å². The van der Waals surface area contributed by atoms with Crippen LogP contribution in [0.25, 0.3) is 0 Å². The Morgan fingerprint density at radius 3 is 2.17 bits per heavy atom. The van der Waals surface area contributed by atoms with Gasteiger partial charge in [0.2, 0.25) is 7.55 Å². The molecule has 0 aromatic carbocycles. The van der Waals surface area contributed by atoms with Crippen LogP contribution in [-0.2, 0) is 0 Å². The van der Waals surface area contributed by atoms with Crippen LogP contribution in [0.2, 0.25) is 12.1 Å². The summed E-state index contributed by atoms with van der Waals surface area (Å²) in [4.78, 5) is 3.50. The zero-order chi connectivity index (χ0) is 9.45. The molecule has 1 unspecified atom stereocenters. The Hall–Kier alpha value is 0.467. The molecule has 12 heavy (non-hydrogen) atoms. The predicted molar refractivity (Wildman–Crippen MR) is 60.1 cm³/mol. The summed E-state index contributed by atoms with van der Waals surface area (Å²) >= 11 is 6.55. The first kappa shape index (κ1) is 12.5. The molecule has 0 amide bonds. The summed E-state index contributed by atoms with van der Waals surface area (Å²) in [6, 6.07) is 2.44. The number of hydrogen-bond donors (Lipinski definition) is 1. The predicted octanol–water partition coefficient (Wildman–Crippen LogP) is 3.49. The Balaban J connectivity index is 3.80. The van der Waals surface area contributed by atoms with Crippen LogP contribution in [0.1, 0.15) is 40.0 Å². The van der Waals surface area contributed by atoms with E-state index < -0.39 is 7.55 Å². The van der Waals surface area contributed by atoms with Gasteiger partial charge in [0.25, 0.3) is 0 Å². The van der Waals surface area contributed by atoms with E-state index in [0.29, 0.717) is 0 Å². The molecule has 1 nitrogen and oxygen atoms in total. The maximum Gasteiger partial charge on any atom is 0.226 e. The van der Waals surface area contributed by atoms with Crippen LogP contribution in [-0.4, -0.2) is 14.1 Å². The number of nitrogens with one attached hydrogen (secondary N) is 1. The fourth-order valence-corrected chi connectivity index (χ4v) is 5.78. The highest BCUT2D eigenvalue weighted by Crippen LogP contribution is 2.21. The molecule has 0 aliphatic heterocycles. The van der Waals surface area contributed by atoms with Crippen molar-refractivity contribution in [3.8, 4) is 0 Å². The summed E-state index contributed by atoms with van der Waals surface area (Å²) in [5.41, 5.74) is 0. The summed E-state index contributed by atoms with van der Waals surface area (Å²) in [5, 5.41) is 0. The third kappa shape index (κ3) is 5.17. The van der Waals surface area contributed by atoms with Crippen molar-refractivity contribution in [2.45, 2.75) is 52.1 Å². The van der Waals surface area contributed by atoms with E-state index in [-0.39, 0.29) is 0 Å². The first-order valence-corrected chi connectivity index (χ1v) is 8.55. The molecule has 0 radical (unpaired) electrons. The molecule has 0 rings (SSSR count). The minimum atomic E-state index is -1.55. The van der Waals surface area contributed by atoms with Crippen LogP contribution in [0.5, 0.6) is 0 Å². The second kappa shape index (κ2) is 6.93. The fourth-order valence-electron chi connectivity index (χ4n) is 1.47. The van der Waals surface area contributed by atoms with Crippen molar-refractivity contribution in [3.63, 3.8) is 0 Å². The highest BCUT2D eigenvalue weighted by Gasteiger charge is 2.27. The lowest BCUT2D eigenvalue weighted by Gasteiger charge is -2.24. The standard InChI is InChI=1S/C9H22ClNSi/c1-4-7-9-12(10,8-5-2)11-6-3/h11H,4-9H2,1-3H3. The molecule has 0 aliphatic rings. The zero-order valence-corrected chi connectivity index (χ0v) is 10.4. The highest BCUT2D eigenvalue weighted by atomic mass is 35.6. The first-order chi connectivity index (χ1) is 5.68. The van der Waals surface area contributed by atoms with Gasteiger partial charge in [0.05, 0.1) is 0 Å². The third-order valence-corrected chi connectivity index (χ3v) is 7.03. The van der Waals surface area contributed by atoms with Crippen LogP contribution in [0, 0.1) is 0 Å². The Morgan fingerprint density at radius 2 is 1.75 bits per heavy atom. The first-order valence-electron chi connectivity index (χ1n) is 5.12. The van der Waals surface area contributed by atoms with Gasteiger partial charge in [0.1, 0.15) is 0 Å². The molecule has 0 aromatic heterocycles. The molecule has 0 heterocycles. The van der Waals surface area contributed by atoms with E-state index in [0.717, 1.165) is 6.54 Å². The van der Waals surface area contributed by atoms with Gasteiger partial charge in [-0.1, -0.05) is 40.0 Å². The van der Waals surface area contributed by atoms with Gasteiger partial charge in [-0.25, -0.2) is 0 Å². The smallest absolute Gasteiger partial charge is 0.226 e. The van der Waals surface area contributed by atoms with Crippen molar-refractivity contribution in [1.29, 1.82) is 0 Å². The SMILES string of the molecule is CCCC[Si](Cl)(CCC)NCC. The number of hydrogen-bond acceptors (Lipinski definition) is 1. The van der Waals surface area contributed by atoms with E-state index in [2.05, 4.69) is 25.8 Å². The third-order valence-electron chi connectivity index (χ3n) is 2.07. The van der Waals surface area contributed by atoms with Crippen molar-refractivity contribution in [2.24, 2.45) is 0 Å². The Labute approximate surface area is 82.7 Å². The van der Waals surface area contributed by atoms with Gasteiger partial charge in [-0.05, 0) is 18.6 Å². The van der Waals surface area contributed by atoms with Crippen molar-refractivity contribution in [1.82, 2.24) is 4.98 Å². The molecule has 1 N–H and O–H groups in total. The quantitative estimate of drug-likeness (QED) is 0.498. The molecule has 0 fully saturated rings. The number of rotatable bonds is 7. The topological polar surface area (TPSA) is 12.0 Å². The second-order valence-corrected chi connectivity index (χ2v) is 8.80. The van der Waals surface area contributed by atoms with Gasteiger partial charge in [-0.2, -0.15) is 0 Å². The molecular weight excluding hydrogens is 186 g/mol. The Kier molecular flexibility index (Phi) is 7.20. The van der Waals surface area contributed by atoms with Crippen LogP contribution < -0.4 is 4.98 Å². The van der Waals surface area contributed by atoms with Crippen molar-refractivity contribution >= 4 is 18.6 Å². The summed E-state index contributed by atoms with van der Waals surface area (Å²) in [6.45, 7) is 7.61. The molecule has 0 aromatic rings. The molecule has 0 spiro atoms. The minimum absolute atomic E-state index is 1.03. The van der Waals surface area contributed by atoms with Crippen molar-refractivity contribution in [3.05, 3.63) is 0 Å². The van der Waals surface area contributed by atoms with Gasteiger partial charge < -0.3 is 4.98 Å². The van der Waals surface area contributed by atoms with Crippen molar-refractivity contribution in [2.75, 3.05) is 6.54 Å². The lowest BCUT2D eigenvalue weighted by molar-refractivity contribution is 0.832. The molecule has 74 valence electrons. The van der Waals surface area contributed by atoms with Crippen LogP contribution in [0.15, 0.2) is 0 Å². The minimum Gasteiger partial charge on any atom is -0.326 e. The lowest BCUT2D eigenvalue weighted by Crippen LogP contribution is -2.44. The van der Waals surface area contributed by atoms with E-state index in [4.69, 9.17) is 11.1 Å². The van der Waals surface area contributed by atoms with Gasteiger partial charge in [0.15, 0.2) is 0 Å². The molecule has 1 atom stereocenters. The molecular formula is C9H22ClNSi. The van der Waals surface area contributed by atoms with E-state index in [1.165, 1.54) is 31.4 Å². The van der Waals surface area contributed by atoms with E-state index in [9.17, 15) is 0 Å². The van der Waals surface area contributed by atoms with Crippen molar-refractivity contribution < 1.29 is 0 Å². The Morgan fingerprint density at radius 1 is 1.08 bits per heavy atom. The lowest BCUT2D eigenvalue weighted by atomic mass is 10.4. The van der Waals surface area contributed by atoms with Gasteiger partial charge in [-0.3, -0.25) is 0 Å². The van der Waals surface area contributed by atoms with Gasteiger partial charge in [-0.15, -0.1) is 11.1 Å². The molecule has 0 saturated carbocycles. The maximum absolute atomic E-state index is 6.55. The van der Waals surface area contributed by atoms with Crippen LogP contribution >= 0.6 is 11.1 Å². The zero-order valence-electron chi connectivity index (χ0n) is 8.62. The van der Waals surface area contributed by atoms with Gasteiger partial charge >= 0.3 is 0 Å². The van der Waals surface area contributed by atoms with Crippen LogP contribution in [0.4, 0.5) is 0 Å². The van der Waals surface area contributed by atoms with E-state index in [1.807, 2.05) is 0 Å². The highest BCUT2D eigenvalue weighted by molar-refractivity contribution is 7.19. The van der Waals surface area contributed by atoms with E-state index >= 15 is 0 Å². The largest absolute Gasteiger partial charge is 0.326 e. The summed E-state index contributed by atoms with van der Waals surface area (Å²) in [6.07, 6.45) is 3.76. The van der Waals surface area contributed by atoms with Gasteiger partial charge in [0, 0.05) is 0 Å². The summed E-state index contributed by atoms with van der Waals surface area (Å²) < 4.78 is 0. The summed E-state index contributed by atoms with van der Waals surface area (Å²) in [7, 11) is -1.55.